The van der Waals surface area contributed by atoms with Gasteiger partial charge in [-0.05, 0) is 48.4 Å². The Labute approximate surface area is 159 Å². The lowest BCUT2D eigenvalue weighted by Crippen LogP contribution is -2.48. The lowest BCUT2D eigenvalue weighted by Gasteiger charge is -2.36. The van der Waals surface area contributed by atoms with Gasteiger partial charge in [0.25, 0.3) is 0 Å². The van der Waals surface area contributed by atoms with Crippen molar-refractivity contribution in [3.05, 3.63) is 64.7 Å². The maximum absolute atomic E-state index is 12.4. The number of halogens is 1. The van der Waals surface area contributed by atoms with E-state index < -0.39 is 0 Å². The summed E-state index contributed by atoms with van der Waals surface area (Å²) in [6, 6.07) is 13.6. The third-order valence-electron chi connectivity index (χ3n) is 4.64. The third-order valence-corrected chi connectivity index (χ3v) is 4.87. The predicted molar refractivity (Wildman–Crippen MR) is 107 cm³/mol. The van der Waals surface area contributed by atoms with Gasteiger partial charge in [-0.1, -0.05) is 29.8 Å². The molecule has 0 saturated carbocycles. The second-order valence-corrected chi connectivity index (χ2v) is 6.79. The minimum absolute atomic E-state index is 0.0447. The molecule has 0 unspecified atom stereocenters. The van der Waals surface area contributed by atoms with Crippen molar-refractivity contribution >= 4 is 29.3 Å². The van der Waals surface area contributed by atoms with E-state index in [0.29, 0.717) is 13.1 Å². The van der Waals surface area contributed by atoms with Crippen LogP contribution in [0.1, 0.15) is 11.1 Å². The van der Waals surface area contributed by atoms with Gasteiger partial charge in [0, 0.05) is 43.0 Å². The number of carbonyl (C=O) groups excluding carboxylic acids is 1. The molecule has 3 rings (SSSR count). The Morgan fingerprint density at radius 3 is 2.42 bits per heavy atom. The molecule has 0 aromatic heterocycles. The first-order chi connectivity index (χ1) is 12.6. The van der Waals surface area contributed by atoms with E-state index in [4.69, 9.17) is 16.3 Å². The fourth-order valence-corrected chi connectivity index (χ4v) is 3.25. The molecular weight excluding hydrogens is 348 g/mol. The van der Waals surface area contributed by atoms with Crippen molar-refractivity contribution in [2.45, 2.75) is 6.92 Å². The number of aryl methyl sites for hydroxylation is 1. The smallest absolute Gasteiger partial charge is 0.246 e. The van der Waals surface area contributed by atoms with Crippen LogP contribution in [0.3, 0.4) is 0 Å². The monoisotopic (exact) mass is 370 g/mol. The quantitative estimate of drug-likeness (QED) is 0.762. The van der Waals surface area contributed by atoms with Gasteiger partial charge in [0.2, 0.25) is 5.91 Å². The summed E-state index contributed by atoms with van der Waals surface area (Å²) in [6.07, 6.45) is 3.48. The van der Waals surface area contributed by atoms with Gasteiger partial charge >= 0.3 is 0 Å². The zero-order valence-electron chi connectivity index (χ0n) is 15.1. The standard InChI is InChI=1S/C21H23ClN2O2/c1-16-3-7-18(22)15-20(16)23-11-13-24(14-12-23)21(25)10-6-17-4-8-19(26-2)9-5-17/h3-10,15H,11-14H2,1-2H3/b10-6+. The molecule has 26 heavy (non-hydrogen) atoms. The number of ether oxygens (including phenoxy) is 1. The number of hydrogen-bond acceptors (Lipinski definition) is 3. The number of rotatable bonds is 4. The molecule has 1 aliphatic heterocycles. The van der Waals surface area contributed by atoms with Gasteiger partial charge in [-0.15, -0.1) is 0 Å². The molecule has 1 fully saturated rings. The molecule has 2 aromatic carbocycles. The van der Waals surface area contributed by atoms with Gasteiger partial charge < -0.3 is 14.5 Å². The van der Waals surface area contributed by atoms with Gasteiger partial charge in [-0.3, -0.25) is 4.79 Å². The number of hydrogen-bond donors (Lipinski definition) is 0. The number of carbonyl (C=O) groups is 1. The number of piperazine rings is 1. The zero-order chi connectivity index (χ0) is 18.5. The molecule has 0 atom stereocenters. The molecular formula is C21H23ClN2O2. The summed E-state index contributed by atoms with van der Waals surface area (Å²) >= 11 is 6.13. The number of anilines is 1. The van der Waals surface area contributed by atoms with E-state index in [1.54, 1.807) is 13.2 Å². The fourth-order valence-electron chi connectivity index (χ4n) is 3.08. The first kappa shape index (κ1) is 18.3. The van der Waals surface area contributed by atoms with Crippen LogP contribution in [0, 0.1) is 6.92 Å². The van der Waals surface area contributed by atoms with E-state index in [0.717, 1.165) is 35.1 Å². The van der Waals surface area contributed by atoms with Crippen molar-refractivity contribution in [2.24, 2.45) is 0 Å². The Balaban J connectivity index is 1.57. The van der Waals surface area contributed by atoms with E-state index in [1.165, 1.54) is 5.56 Å². The van der Waals surface area contributed by atoms with Crippen molar-refractivity contribution in [3.8, 4) is 5.75 Å². The molecule has 136 valence electrons. The lowest BCUT2D eigenvalue weighted by atomic mass is 10.1. The minimum atomic E-state index is 0.0447. The molecule has 0 bridgehead atoms. The maximum atomic E-state index is 12.4. The van der Waals surface area contributed by atoms with Crippen molar-refractivity contribution in [1.82, 2.24) is 4.90 Å². The van der Waals surface area contributed by atoms with Crippen LogP contribution in [0.25, 0.3) is 6.08 Å². The molecule has 5 heteroatoms. The maximum Gasteiger partial charge on any atom is 0.246 e. The SMILES string of the molecule is COc1ccc(/C=C/C(=O)N2CCN(c3cc(Cl)ccc3C)CC2)cc1. The average Bonchev–Trinajstić information content (AvgIpc) is 2.68. The molecule has 1 aliphatic rings. The molecule has 1 heterocycles. The molecule has 0 aliphatic carbocycles. The largest absolute Gasteiger partial charge is 0.497 e. The molecule has 4 nitrogen and oxygen atoms in total. The summed E-state index contributed by atoms with van der Waals surface area (Å²) in [5.41, 5.74) is 3.33. The number of benzene rings is 2. The topological polar surface area (TPSA) is 32.8 Å². The highest BCUT2D eigenvalue weighted by molar-refractivity contribution is 6.30. The number of nitrogens with zero attached hydrogens (tertiary/aromatic N) is 2. The molecule has 1 amide bonds. The summed E-state index contributed by atoms with van der Waals surface area (Å²) in [5.74, 6) is 0.851. The van der Waals surface area contributed by atoms with Crippen LogP contribution in [0.5, 0.6) is 5.75 Å². The predicted octanol–water partition coefficient (Wildman–Crippen LogP) is 4.02. The van der Waals surface area contributed by atoms with Crippen molar-refractivity contribution in [3.63, 3.8) is 0 Å². The lowest BCUT2D eigenvalue weighted by molar-refractivity contribution is -0.126. The van der Waals surface area contributed by atoms with Gasteiger partial charge in [0.05, 0.1) is 7.11 Å². The van der Waals surface area contributed by atoms with E-state index in [2.05, 4.69) is 11.8 Å². The van der Waals surface area contributed by atoms with Crippen LogP contribution in [-0.4, -0.2) is 44.1 Å². The van der Waals surface area contributed by atoms with Gasteiger partial charge in [-0.25, -0.2) is 0 Å². The molecule has 0 N–H and O–H groups in total. The second kappa shape index (κ2) is 8.28. The van der Waals surface area contributed by atoms with Crippen LogP contribution in [-0.2, 0) is 4.79 Å². The van der Waals surface area contributed by atoms with Gasteiger partial charge in [-0.2, -0.15) is 0 Å². The number of methoxy groups -OCH3 is 1. The summed E-state index contributed by atoms with van der Waals surface area (Å²) < 4.78 is 5.14. The summed E-state index contributed by atoms with van der Waals surface area (Å²) in [6.45, 7) is 5.11. The van der Waals surface area contributed by atoms with Crippen molar-refractivity contribution in [2.75, 3.05) is 38.2 Å². The first-order valence-corrected chi connectivity index (χ1v) is 9.07. The Kier molecular flexibility index (Phi) is 5.84. The highest BCUT2D eigenvalue weighted by atomic mass is 35.5. The van der Waals surface area contributed by atoms with E-state index in [9.17, 15) is 4.79 Å². The van der Waals surface area contributed by atoms with Crippen LogP contribution >= 0.6 is 11.6 Å². The van der Waals surface area contributed by atoms with Crippen LogP contribution in [0.2, 0.25) is 5.02 Å². The first-order valence-electron chi connectivity index (χ1n) is 8.69. The normalized spacial score (nSPS) is 14.7. The van der Waals surface area contributed by atoms with E-state index >= 15 is 0 Å². The van der Waals surface area contributed by atoms with Crippen molar-refractivity contribution in [1.29, 1.82) is 0 Å². The Bertz CT molecular complexity index is 794. The van der Waals surface area contributed by atoms with Gasteiger partial charge in [0.15, 0.2) is 0 Å². The van der Waals surface area contributed by atoms with Crippen LogP contribution in [0.4, 0.5) is 5.69 Å². The van der Waals surface area contributed by atoms with E-state index in [1.807, 2.05) is 53.4 Å². The van der Waals surface area contributed by atoms with Crippen LogP contribution in [0.15, 0.2) is 48.5 Å². The van der Waals surface area contributed by atoms with Crippen molar-refractivity contribution < 1.29 is 9.53 Å². The van der Waals surface area contributed by atoms with E-state index in [-0.39, 0.29) is 5.91 Å². The third kappa shape index (κ3) is 4.38. The highest BCUT2D eigenvalue weighted by Crippen LogP contribution is 2.25. The molecule has 0 spiro atoms. The fraction of sp³-hybridized carbons (Fsp3) is 0.286. The summed E-state index contributed by atoms with van der Waals surface area (Å²) in [5, 5.41) is 0.742. The Hall–Kier alpha value is -2.46. The second-order valence-electron chi connectivity index (χ2n) is 6.35. The van der Waals surface area contributed by atoms with Crippen LogP contribution < -0.4 is 9.64 Å². The Morgan fingerprint density at radius 1 is 1.08 bits per heavy atom. The van der Waals surface area contributed by atoms with Gasteiger partial charge in [0.1, 0.15) is 5.75 Å². The summed E-state index contributed by atoms with van der Waals surface area (Å²) in [7, 11) is 1.64. The Morgan fingerprint density at radius 2 is 1.77 bits per heavy atom. The summed E-state index contributed by atoms with van der Waals surface area (Å²) in [4.78, 5) is 16.6. The average molecular weight is 371 g/mol. The molecule has 0 radical (unpaired) electrons. The number of amides is 1. The molecule has 2 aromatic rings. The zero-order valence-corrected chi connectivity index (χ0v) is 15.9. The molecule has 1 saturated heterocycles. The minimum Gasteiger partial charge on any atom is -0.497 e. The highest BCUT2D eigenvalue weighted by Gasteiger charge is 2.20.